The summed E-state index contributed by atoms with van der Waals surface area (Å²) < 4.78 is 22.4. The Bertz CT molecular complexity index is 591. The highest BCUT2D eigenvalue weighted by molar-refractivity contribution is 7.78. The first-order valence-electron chi connectivity index (χ1n) is 12.1. The normalized spacial score (nSPS) is 26.6. The highest BCUT2D eigenvalue weighted by Crippen LogP contribution is 2.35. The summed E-state index contributed by atoms with van der Waals surface area (Å²) in [5.41, 5.74) is 6.14. The van der Waals surface area contributed by atoms with E-state index in [1.165, 1.54) is 6.92 Å². The summed E-state index contributed by atoms with van der Waals surface area (Å²) in [6, 6.07) is 5.00. The van der Waals surface area contributed by atoms with Crippen molar-refractivity contribution in [3.63, 3.8) is 0 Å². The van der Waals surface area contributed by atoms with Crippen LogP contribution in [0.1, 0.15) is 48.5 Å². The van der Waals surface area contributed by atoms with Crippen molar-refractivity contribution in [1.82, 2.24) is 10.0 Å². The van der Waals surface area contributed by atoms with Crippen LogP contribution >= 0.6 is 12.8 Å². The van der Waals surface area contributed by atoms with E-state index in [4.69, 9.17) is 19.3 Å². The summed E-state index contributed by atoms with van der Waals surface area (Å²) in [4.78, 5) is 24.9. The first-order chi connectivity index (χ1) is 15.1. The lowest BCUT2D eigenvalue weighted by molar-refractivity contribution is -0.180. The first kappa shape index (κ1) is 29.6. The first-order valence-corrected chi connectivity index (χ1v) is 17.6. The van der Waals surface area contributed by atoms with Gasteiger partial charge in [-0.05, 0) is 36.3 Å². The van der Waals surface area contributed by atoms with Gasteiger partial charge in [-0.3, -0.25) is 9.59 Å². The second-order valence-corrected chi connectivity index (χ2v) is 18.4. The molecule has 32 heavy (non-hydrogen) atoms. The third-order valence-corrected chi connectivity index (χ3v) is 16.8. The van der Waals surface area contributed by atoms with Gasteiger partial charge in [0.1, 0.15) is 0 Å². The summed E-state index contributed by atoms with van der Waals surface area (Å²) in [7, 11) is -4.19. The lowest BCUT2D eigenvalue weighted by Gasteiger charge is -2.51. The Kier molecular flexibility index (Phi) is 12.4. The minimum atomic E-state index is -2.13. The predicted octanol–water partition coefficient (Wildman–Crippen LogP) is 2.96. The summed E-state index contributed by atoms with van der Waals surface area (Å²) in [6.07, 6.45) is -2.47. The molecule has 2 amide bonds. The number of carbonyl (C=O) groups excluding carboxylic acids is 2. The van der Waals surface area contributed by atoms with Crippen LogP contribution in [-0.4, -0.2) is 65.5 Å². The standard InChI is InChI=1S/C21H45N3O5SSi2/c1-8-31(9-2,10-3)28-18-16(14-22)27-20(21(26)24-30)17(23-15(7)25)19(18)29-32(11-4,12-5)13-6/h16-20,30H,8-14,22H2,1-7H3,(H,23,25)(H,24,26)/t16?,17?,18-,19-,20+/m0/s1. The van der Waals surface area contributed by atoms with E-state index in [0.29, 0.717) is 0 Å². The van der Waals surface area contributed by atoms with Gasteiger partial charge in [-0.1, -0.05) is 54.4 Å². The molecule has 1 aliphatic heterocycles. The number of ether oxygens (including phenoxy) is 1. The smallest absolute Gasteiger partial charge is 0.261 e. The molecule has 0 saturated carbocycles. The molecule has 0 aromatic rings. The number of hydrogen-bond donors (Lipinski definition) is 4. The molecule has 1 fully saturated rings. The van der Waals surface area contributed by atoms with Crippen LogP contribution in [0.3, 0.4) is 0 Å². The van der Waals surface area contributed by atoms with Gasteiger partial charge in [0.25, 0.3) is 5.91 Å². The van der Waals surface area contributed by atoms with Gasteiger partial charge in [-0.2, -0.15) is 0 Å². The maximum Gasteiger partial charge on any atom is 0.261 e. The van der Waals surface area contributed by atoms with E-state index in [9.17, 15) is 9.59 Å². The van der Waals surface area contributed by atoms with Crippen molar-refractivity contribution in [2.75, 3.05) is 6.54 Å². The molecular weight excluding hydrogens is 462 g/mol. The molecule has 0 aliphatic carbocycles. The number of thiol groups is 1. The molecule has 0 aromatic heterocycles. The maximum atomic E-state index is 12.7. The van der Waals surface area contributed by atoms with Crippen LogP contribution in [0.15, 0.2) is 0 Å². The molecule has 1 rings (SSSR count). The minimum absolute atomic E-state index is 0.189. The second-order valence-electron chi connectivity index (χ2n) is 8.69. The Morgan fingerprint density at radius 3 is 1.69 bits per heavy atom. The maximum absolute atomic E-state index is 12.7. The lowest BCUT2D eigenvalue weighted by Crippen LogP contribution is -2.71. The zero-order valence-electron chi connectivity index (χ0n) is 20.9. The van der Waals surface area contributed by atoms with Crippen LogP contribution in [0.5, 0.6) is 0 Å². The van der Waals surface area contributed by atoms with Gasteiger partial charge in [-0.25, -0.2) is 0 Å². The molecule has 0 aromatic carbocycles. The average Bonchev–Trinajstić information content (AvgIpc) is 2.81. The topological polar surface area (TPSA) is 112 Å². The minimum Gasteiger partial charge on any atom is -0.409 e. The molecule has 0 spiro atoms. The zero-order chi connectivity index (χ0) is 24.5. The predicted molar refractivity (Wildman–Crippen MR) is 137 cm³/mol. The summed E-state index contributed by atoms with van der Waals surface area (Å²) in [5.74, 6) is -0.685. The van der Waals surface area contributed by atoms with Crippen molar-refractivity contribution in [2.24, 2.45) is 5.73 Å². The van der Waals surface area contributed by atoms with Crippen LogP contribution in [0.4, 0.5) is 0 Å². The van der Waals surface area contributed by atoms with Crippen molar-refractivity contribution in [3.8, 4) is 0 Å². The Labute approximate surface area is 201 Å². The van der Waals surface area contributed by atoms with E-state index in [0.717, 1.165) is 36.3 Å². The summed E-state index contributed by atoms with van der Waals surface area (Å²) >= 11 is 3.94. The molecule has 2 unspecified atom stereocenters. The fourth-order valence-corrected chi connectivity index (χ4v) is 10.5. The Morgan fingerprint density at radius 2 is 1.34 bits per heavy atom. The van der Waals surface area contributed by atoms with E-state index in [2.05, 4.69) is 64.4 Å². The molecule has 11 heteroatoms. The fraction of sp³-hybridized carbons (Fsp3) is 0.905. The quantitative estimate of drug-likeness (QED) is 0.225. The number of nitrogens with one attached hydrogen (secondary N) is 2. The van der Waals surface area contributed by atoms with E-state index >= 15 is 0 Å². The lowest BCUT2D eigenvalue weighted by atomic mass is 9.92. The molecule has 5 atom stereocenters. The molecule has 1 heterocycles. The Hall–Kier alpha value is -0.436. The van der Waals surface area contributed by atoms with E-state index in [1.54, 1.807) is 0 Å². The molecular formula is C21H45N3O5SSi2. The van der Waals surface area contributed by atoms with Gasteiger partial charge in [0, 0.05) is 13.5 Å². The van der Waals surface area contributed by atoms with Gasteiger partial charge in [0.2, 0.25) is 5.91 Å². The largest absolute Gasteiger partial charge is 0.409 e. The number of hydrogen-bond acceptors (Lipinski definition) is 7. The third-order valence-electron chi connectivity index (χ3n) is 7.30. The fourth-order valence-electron chi connectivity index (χ4n) is 4.67. The number of rotatable bonds is 13. The number of nitrogens with two attached hydrogens (primary N) is 1. The van der Waals surface area contributed by atoms with Gasteiger partial charge in [0.15, 0.2) is 22.7 Å². The van der Waals surface area contributed by atoms with Crippen molar-refractivity contribution < 1.29 is 23.2 Å². The van der Waals surface area contributed by atoms with Crippen molar-refractivity contribution in [2.45, 2.75) is 115 Å². The van der Waals surface area contributed by atoms with Gasteiger partial charge in [-0.15, -0.1) is 0 Å². The van der Waals surface area contributed by atoms with E-state index in [1.807, 2.05) is 0 Å². The van der Waals surface area contributed by atoms with Crippen molar-refractivity contribution in [3.05, 3.63) is 0 Å². The van der Waals surface area contributed by atoms with Gasteiger partial charge >= 0.3 is 0 Å². The SMILES string of the molecule is CC[Si](CC)(CC)O[C@H]1C(CN)O[C@@H](C(=O)NS)C(NC(C)=O)[C@@H]1O[Si](CC)(CC)CC. The van der Waals surface area contributed by atoms with Crippen LogP contribution in [0, 0.1) is 0 Å². The molecule has 1 saturated heterocycles. The van der Waals surface area contributed by atoms with Crippen LogP contribution < -0.4 is 15.8 Å². The Balaban J connectivity index is 3.61. The molecule has 0 radical (unpaired) electrons. The Morgan fingerprint density at radius 1 is 0.906 bits per heavy atom. The number of carbonyl (C=O) groups is 2. The average molecular weight is 508 g/mol. The van der Waals surface area contributed by atoms with Crippen molar-refractivity contribution >= 4 is 41.3 Å². The van der Waals surface area contributed by atoms with Crippen LogP contribution in [0.25, 0.3) is 0 Å². The van der Waals surface area contributed by atoms with Gasteiger partial charge < -0.3 is 29.4 Å². The number of amides is 2. The summed E-state index contributed by atoms with van der Waals surface area (Å²) in [6.45, 7) is 14.6. The van der Waals surface area contributed by atoms with E-state index < -0.39 is 53.0 Å². The van der Waals surface area contributed by atoms with E-state index in [-0.39, 0.29) is 12.5 Å². The molecule has 4 N–H and O–H groups in total. The molecule has 1 aliphatic rings. The van der Waals surface area contributed by atoms with Crippen LogP contribution in [-0.2, 0) is 23.2 Å². The second kappa shape index (κ2) is 13.5. The van der Waals surface area contributed by atoms with Gasteiger partial charge in [0.05, 0.1) is 24.4 Å². The highest BCUT2D eigenvalue weighted by Gasteiger charge is 2.53. The third kappa shape index (κ3) is 6.80. The molecule has 188 valence electrons. The highest BCUT2D eigenvalue weighted by atomic mass is 32.1. The molecule has 0 bridgehead atoms. The monoisotopic (exact) mass is 507 g/mol. The zero-order valence-corrected chi connectivity index (χ0v) is 23.8. The molecule has 8 nitrogen and oxygen atoms in total. The summed E-state index contributed by atoms with van der Waals surface area (Å²) in [5, 5.41) is 2.94. The van der Waals surface area contributed by atoms with Crippen molar-refractivity contribution in [1.29, 1.82) is 0 Å². The van der Waals surface area contributed by atoms with Crippen LogP contribution in [0.2, 0.25) is 36.3 Å².